The summed E-state index contributed by atoms with van der Waals surface area (Å²) in [6.45, 7) is 1.39. The number of fused-ring (bicyclic) bond motifs is 1. The van der Waals surface area contributed by atoms with Crippen LogP contribution in [0.4, 0.5) is 5.69 Å². The van der Waals surface area contributed by atoms with E-state index in [1.807, 2.05) is 18.2 Å². The van der Waals surface area contributed by atoms with E-state index in [0.29, 0.717) is 43.3 Å². The van der Waals surface area contributed by atoms with Crippen LogP contribution in [-0.2, 0) is 26.0 Å². The number of amides is 1. The molecule has 146 valence electrons. The van der Waals surface area contributed by atoms with Crippen LogP contribution in [0.2, 0.25) is 0 Å². The molecular formula is C19H19N3O5S. The summed E-state index contributed by atoms with van der Waals surface area (Å²) in [5.74, 6) is -0.306. The van der Waals surface area contributed by atoms with E-state index in [9.17, 15) is 13.2 Å². The standard InChI is InChI=1S/C19H19N3O5S/c23-19(13-17-16-6-1-2-7-18(16)27-21-17)20-14-4-3-5-15(12-14)28(24,25)22-8-10-26-11-9-22/h1-7,12H,8-11,13H2,(H,20,23). The summed E-state index contributed by atoms with van der Waals surface area (Å²) in [4.78, 5) is 12.6. The van der Waals surface area contributed by atoms with Crippen molar-refractivity contribution in [3.8, 4) is 0 Å². The highest BCUT2D eigenvalue weighted by Gasteiger charge is 2.26. The highest BCUT2D eigenvalue weighted by Crippen LogP contribution is 2.22. The predicted molar refractivity (Wildman–Crippen MR) is 102 cm³/mol. The number of nitrogens with zero attached hydrogens (tertiary/aromatic N) is 2. The average Bonchev–Trinajstić information content (AvgIpc) is 3.12. The van der Waals surface area contributed by atoms with Gasteiger partial charge >= 0.3 is 0 Å². The number of aromatic nitrogens is 1. The maximum absolute atomic E-state index is 12.8. The van der Waals surface area contributed by atoms with Crippen molar-refractivity contribution in [2.45, 2.75) is 11.3 Å². The van der Waals surface area contributed by atoms with Crippen molar-refractivity contribution >= 4 is 32.6 Å². The molecule has 0 unspecified atom stereocenters. The average molecular weight is 401 g/mol. The number of nitrogens with one attached hydrogen (secondary N) is 1. The molecule has 1 amide bonds. The van der Waals surface area contributed by atoms with Gasteiger partial charge in [0.1, 0.15) is 5.69 Å². The summed E-state index contributed by atoms with van der Waals surface area (Å²) in [5, 5.41) is 7.46. The third-order valence-electron chi connectivity index (χ3n) is 4.51. The molecule has 0 saturated carbocycles. The van der Waals surface area contributed by atoms with Gasteiger partial charge in [0.25, 0.3) is 0 Å². The fourth-order valence-corrected chi connectivity index (χ4v) is 4.55. The van der Waals surface area contributed by atoms with Crippen molar-refractivity contribution in [3.05, 3.63) is 54.2 Å². The van der Waals surface area contributed by atoms with Crippen LogP contribution < -0.4 is 5.32 Å². The van der Waals surface area contributed by atoms with Crippen molar-refractivity contribution in [3.63, 3.8) is 0 Å². The van der Waals surface area contributed by atoms with E-state index in [0.717, 1.165) is 5.39 Å². The number of hydrogen-bond donors (Lipinski definition) is 1. The van der Waals surface area contributed by atoms with Gasteiger partial charge in [-0.05, 0) is 30.3 Å². The number of sulfonamides is 1. The second kappa shape index (κ2) is 7.70. The van der Waals surface area contributed by atoms with Crippen LogP contribution in [-0.4, -0.2) is 50.1 Å². The summed E-state index contributed by atoms with van der Waals surface area (Å²) in [7, 11) is -3.62. The van der Waals surface area contributed by atoms with Gasteiger partial charge in [-0.25, -0.2) is 8.42 Å². The zero-order valence-electron chi connectivity index (χ0n) is 15.0. The molecule has 1 saturated heterocycles. The Kier molecular flexibility index (Phi) is 5.12. The minimum Gasteiger partial charge on any atom is -0.379 e. The number of hydrogen-bond acceptors (Lipinski definition) is 6. The van der Waals surface area contributed by atoms with E-state index in [4.69, 9.17) is 9.26 Å². The SMILES string of the molecule is O=C(Cc1noc2ccccc12)Nc1cccc(S(=O)(=O)N2CCOCC2)c1. The first-order chi connectivity index (χ1) is 13.5. The lowest BCUT2D eigenvalue weighted by atomic mass is 10.1. The molecule has 0 aliphatic carbocycles. The molecule has 0 radical (unpaired) electrons. The lowest BCUT2D eigenvalue weighted by Crippen LogP contribution is -2.40. The number of carbonyl (C=O) groups is 1. The number of rotatable bonds is 5. The molecule has 4 rings (SSSR count). The number of morpholine rings is 1. The number of carbonyl (C=O) groups excluding carboxylic acids is 1. The van der Waals surface area contributed by atoms with Gasteiger partial charge in [0, 0.05) is 24.2 Å². The molecule has 1 aliphatic heterocycles. The second-order valence-electron chi connectivity index (χ2n) is 6.39. The maximum Gasteiger partial charge on any atom is 0.243 e. The smallest absolute Gasteiger partial charge is 0.243 e. The zero-order chi connectivity index (χ0) is 19.6. The van der Waals surface area contributed by atoms with Crippen molar-refractivity contribution in [1.29, 1.82) is 0 Å². The number of ether oxygens (including phenoxy) is 1. The minimum atomic E-state index is -3.62. The molecule has 1 N–H and O–H groups in total. The first kappa shape index (κ1) is 18.6. The molecule has 1 aromatic heterocycles. The van der Waals surface area contributed by atoms with E-state index < -0.39 is 10.0 Å². The second-order valence-corrected chi connectivity index (χ2v) is 8.33. The van der Waals surface area contributed by atoms with Gasteiger partial charge < -0.3 is 14.6 Å². The summed E-state index contributed by atoms with van der Waals surface area (Å²) in [6, 6.07) is 13.5. The van der Waals surface area contributed by atoms with Crippen molar-refractivity contribution in [2.75, 3.05) is 31.6 Å². The maximum atomic E-state index is 12.8. The van der Waals surface area contributed by atoms with Crippen LogP contribution in [0.25, 0.3) is 11.0 Å². The Hall–Kier alpha value is -2.75. The van der Waals surface area contributed by atoms with E-state index in [-0.39, 0.29) is 17.2 Å². The molecule has 8 nitrogen and oxygen atoms in total. The van der Waals surface area contributed by atoms with Crippen molar-refractivity contribution in [1.82, 2.24) is 9.46 Å². The highest BCUT2D eigenvalue weighted by atomic mass is 32.2. The Morgan fingerprint density at radius 3 is 2.71 bits per heavy atom. The zero-order valence-corrected chi connectivity index (χ0v) is 15.8. The third kappa shape index (κ3) is 3.77. The van der Waals surface area contributed by atoms with Gasteiger partial charge in [0.15, 0.2) is 5.58 Å². The molecule has 3 aromatic rings. The minimum absolute atomic E-state index is 0.0253. The Labute approximate surface area is 162 Å². The van der Waals surface area contributed by atoms with Gasteiger partial charge in [-0.3, -0.25) is 4.79 Å². The lowest BCUT2D eigenvalue weighted by molar-refractivity contribution is -0.115. The largest absolute Gasteiger partial charge is 0.379 e. The van der Waals surface area contributed by atoms with E-state index in [1.54, 1.807) is 18.2 Å². The quantitative estimate of drug-likeness (QED) is 0.702. The van der Waals surface area contributed by atoms with Crippen molar-refractivity contribution < 1.29 is 22.5 Å². The van der Waals surface area contributed by atoms with Crippen LogP contribution >= 0.6 is 0 Å². The number of benzene rings is 2. The molecule has 1 aliphatic rings. The molecule has 0 spiro atoms. The third-order valence-corrected chi connectivity index (χ3v) is 6.40. The predicted octanol–water partition coefficient (Wildman–Crippen LogP) is 2.03. The molecular weight excluding hydrogens is 382 g/mol. The summed E-state index contributed by atoms with van der Waals surface area (Å²) < 4.78 is 37.3. The van der Waals surface area contributed by atoms with Gasteiger partial charge in [0.2, 0.25) is 15.9 Å². The van der Waals surface area contributed by atoms with Crippen LogP contribution in [0, 0.1) is 0 Å². The Morgan fingerprint density at radius 2 is 1.89 bits per heavy atom. The molecule has 0 atom stereocenters. The topological polar surface area (TPSA) is 102 Å². The van der Waals surface area contributed by atoms with E-state index >= 15 is 0 Å². The molecule has 2 heterocycles. The van der Waals surface area contributed by atoms with Gasteiger partial charge in [0.05, 0.1) is 24.5 Å². The van der Waals surface area contributed by atoms with Crippen LogP contribution in [0.5, 0.6) is 0 Å². The molecule has 28 heavy (non-hydrogen) atoms. The van der Waals surface area contributed by atoms with Crippen LogP contribution in [0.1, 0.15) is 5.69 Å². The van der Waals surface area contributed by atoms with Crippen LogP contribution in [0.15, 0.2) is 57.9 Å². The summed E-state index contributed by atoms with van der Waals surface area (Å²) in [5.41, 5.74) is 1.56. The molecule has 1 fully saturated rings. The molecule has 2 aromatic carbocycles. The molecule has 9 heteroatoms. The summed E-state index contributed by atoms with van der Waals surface area (Å²) >= 11 is 0. The lowest BCUT2D eigenvalue weighted by Gasteiger charge is -2.26. The van der Waals surface area contributed by atoms with Gasteiger partial charge in [-0.2, -0.15) is 4.31 Å². The fraction of sp³-hybridized carbons (Fsp3) is 0.263. The fourth-order valence-electron chi connectivity index (χ4n) is 3.09. The monoisotopic (exact) mass is 401 g/mol. The van der Waals surface area contributed by atoms with Crippen LogP contribution in [0.3, 0.4) is 0 Å². The Bertz CT molecular complexity index is 1100. The van der Waals surface area contributed by atoms with Crippen molar-refractivity contribution in [2.24, 2.45) is 0 Å². The van der Waals surface area contributed by atoms with Gasteiger partial charge in [-0.1, -0.05) is 23.4 Å². The first-order valence-corrected chi connectivity index (χ1v) is 10.3. The molecule has 0 bridgehead atoms. The first-order valence-electron chi connectivity index (χ1n) is 8.85. The number of anilines is 1. The normalized spacial score (nSPS) is 15.6. The highest BCUT2D eigenvalue weighted by molar-refractivity contribution is 7.89. The van der Waals surface area contributed by atoms with E-state index in [1.165, 1.54) is 16.4 Å². The Balaban J connectivity index is 1.49. The Morgan fingerprint density at radius 1 is 1.11 bits per heavy atom. The van der Waals surface area contributed by atoms with E-state index in [2.05, 4.69) is 10.5 Å². The summed E-state index contributed by atoms with van der Waals surface area (Å²) in [6.07, 6.45) is 0.0253. The van der Waals surface area contributed by atoms with Gasteiger partial charge in [-0.15, -0.1) is 0 Å². The number of para-hydroxylation sites is 1.